The lowest BCUT2D eigenvalue weighted by molar-refractivity contribution is -0.346. The van der Waals surface area contributed by atoms with Crippen molar-refractivity contribution in [1.82, 2.24) is 5.32 Å². The maximum atomic E-state index is 15.9. The minimum Gasteiger partial charge on any atom is -0.550 e. The minimum atomic E-state index is -2.45. The maximum absolute atomic E-state index is 15.9. The van der Waals surface area contributed by atoms with Crippen LogP contribution in [0.2, 0.25) is 0 Å². The van der Waals surface area contributed by atoms with Crippen LogP contribution >= 0.6 is 0 Å². The van der Waals surface area contributed by atoms with Crippen LogP contribution in [0, 0.1) is 16.7 Å². The van der Waals surface area contributed by atoms with E-state index in [1.165, 1.54) is 57.6 Å². The number of benzene rings is 3. The molecule has 3 N–H and O–H groups in total. The number of unbranched alkanes of at least 4 members (excludes halogenated alkanes) is 16. The summed E-state index contributed by atoms with van der Waals surface area (Å²) in [5, 5.41) is 39.9. The van der Waals surface area contributed by atoms with Crippen molar-refractivity contribution in [3.63, 3.8) is 0 Å². The van der Waals surface area contributed by atoms with Gasteiger partial charge in [0.05, 0.1) is 29.6 Å². The molecule has 1 saturated heterocycles. The minimum absolute atomic E-state index is 0.0169. The first-order chi connectivity index (χ1) is 41.1. The number of amides is 1. The molecule has 2 saturated carbocycles. The van der Waals surface area contributed by atoms with Gasteiger partial charge in [0, 0.05) is 50.1 Å². The topological polar surface area (TPSA) is 267 Å². The summed E-state index contributed by atoms with van der Waals surface area (Å²) in [6.07, 6.45) is 6.88. The van der Waals surface area contributed by atoms with Gasteiger partial charge in [-0.25, -0.2) is 9.59 Å². The van der Waals surface area contributed by atoms with Gasteiger partial charge in [0.2, 0.25) is 6.10 Å². The van der Waals surface area contributed by atoms with Gasteiger partial charge in [-0.2, -0.15) is 0 Å². The molecule has 86 heavy (non-hydrogen) atoms. The van der Waals surface area contributed by atoms with Crippen LogP contribution in [0.5, 0.6) is 0 Å². The number of Topliss-reactive ketones (excluding diaryl/α,β-unsaturated/α-hetero) is 1. The summed E-state index contributed by atoms with van der Waals surface area (Å²) in [5.74, 6) is -8.58. The van der Waals surface area contributed by atoms with E-state index < -0.39 is 125 Å². The van der Waals surface area contributed by atoms with Crippen LogP contribution in [0.25, 0.3) is 0 Å². The predicted molar refractivity (Wildman–Crippen MR) is 314 cm³/mol. The Labute approximate surface area is 505 Å². The lowest BCUT2D eigenvalue weighted by Gasteiger charge is -2.67. The molecule has 7 rings (SSSR count). The average Bonchev–Trinajstić information content (AvgIpc) is 0.673. The van der Waals surface area contributed by atoms with Crippen molar-refractivity contribution in [3.8, 4) is 0 Å². The van der Waals surface area contributed by atoms with Crippen molar-refractivity contribution >= 4 is 47.5 Å². The predicted octanol–water partition coefficient (Wildman–Crippen LogP) is 9.45. The number of esters is 5. The summed E-state index contributed by atoms with van der Waals surface area (Å²) in [6.45, 7) is 8.02. The number of carboxylic acids is 1. The number of carbonyl (C=O) groups excluding carboxylic acids is 8. The van der Waals surface area contributed by atoms with Gasteiger partial charge in [-0.15, -0.1) is 0 Å². The number of aliphatic carboxylic acids is 1. The fraction of sp³-hybridized carbons (Fsp3) is 0.588. The summed E-state index contributed by atoms with van der Waals surface area (Å²) >= 11 is 0. The molecule has 11 atom stereocenters. The zero-order valence-electron chi connectivity index (χ0n) is 50.9. The van der Waals surface area contributed by atoms with E-state index in [1.54, 1.807) is 99.6 Å². The highest BCUT2D eigenvalue weighted by Crippen LogP contribution is 2.64. The number of ether oxygens (including phenoxy) is 6. The molecule has 1 heterocycles. The first kappa shape index (κ1) is 66.8. The molecular formula is C68H88NO17-. The van der Waals surface area contributed by atoms with Gasteiger partial charge < -0.3 is 53.9 Å². The molecule has 0 radical (unpaired) electrons. The standard InChI is InChI=1S/C68H89NO17/c1-44-50(42-68(80)61(85-63(78)49-37-29-24-30-38-49)59-66(6,51(72)41-52-67(59,43-81-52)86-46(3)71)60(76)57(82-45(2)70)55(44)65(68,4)5)83-64(79)58(56(47-33-25-22-26-34-47)69-62(77)48-35-27-23-28-36-48)84-54(75)40-32-21-19-17-15-13-11-9-7-8-10-12-14-16-18-20-31-39-53(73)74/h22-30,33-38,50-52,56-59,61,72,80H,7-21,31-32,39-43H2,1-6H3,(H,69,77)(H,73,74)/p-1/t50-,51-,52+,56-,57+,58+,59-,61-,66?,67-,68+/m0/s1. The highest BCUT2D eigenvalue weighted by Gasteiger charge is 2.78. The van der Waals surface area contributed by atoms with E-state index in [0.29, 0.717) is 18.4 Å². The second-order valence-electron chi connectivity index (χ2n) is 24.7. The SMILES string of the molecule is CC(=O)O[C@H]1C(=O)C2(C)[C@@H](O)C[C@H]3OC[C@@]3(OC(C)=O)[C@H]2[C@H](OC(=O)c2ccccc2)[C@]2(O)C[C@H](OC(=O)[C@H](OC(=O)CCCCCCCCCCCCCCCCCCCC(=O)[O-])[C@@H](NC(=O)c3ccccc3)c3ccccc3)C(C)=C1C2(C)C. The lowest BCUT2D eigenvalue weighted by Crippen LogP contribution is -2.82. The molecule has 2 bridgehead atoms. The average molecular weight is 1190 g/mol. The first-order valence-corrected chi connectivity index (χ1v) is 31.0. The van der Waals surface area contributed by atoms with Crippen LogP contribution < -0.4 is 10.4 Å². The number of hydrogen-bond donors (Lipinski definition) is 3. The van der Waals surface area contributed by atoms with Gasteiger partial charge >= 0.3 is 29.8 Å². The molecular weight excluding hydrogens is 1100 g/mol. The lowest BCUT2D eigenvalue weighted by atomic mass is 9.44. The molecule has 1 amide bonds. The second kappa shape index (κ2) is 30.2. The zero-order valence-corrected chi connectivity index (χ0v) is 50.9. The first-order valence-electron chi connectivity index (χ1n) is 31.0. The number of aliphatic hydroxyl groups is 2. The van der Waals surface area contributed by atoms with E-state index in [9.17, 15) is 44.1 Å². The monoisotopic (exact) mass is 1190 g/mol. The number of hydrogen-bond acceptors (Lipinski definition) is 17. The van der Waals surface area contributed by atoms with Crippen LogP contribution in [0.15, 0.2) is 102 Å². The molecule has 18 heteroatoms. The molecule has 1 aliphatic heterocycles. The number of fused-ring (bicyclic) bond motifs is 5. The fourth-order valence-corrected chi connectivity index (χ4v) is 13.7. The normalized spacial score (nSPS) is 26.2. The quantitative estimate of drug-likeness (QED) is 0.0234. The molecule has 18 nitrogen and oxygen atoms in total. The Balaban J connectivity index is 1.14. The number of nitrogens with one attached hydrogen (secondary N) is 1. The van der Waals surface area contributed by atoms with Gasteiger partial charge in [0.25, 0.3) is 5.91 Å². The van der Waals surface area contributed by atoms with Gasteiger partial charge in [0.15, 0.2) is 17.5 Å². The van der Waals surface area contributed by atoms with Crippen molar-refractivity contribution in [1.29, 1.82) is 0 Å². The third-order valence-electron chi connectivity index (χ3n) is 18.5. The highest BCUT2D eigenvalue weighted by atomic mass is 16.6. The molecule has 3 fully saturated rings. The Morgan fingerprint density at radius 1 is 0.674 bits per heavy atom. The molecule has 468 valence electrons. The number of aliphatic hydroxyl groups excluding tert-OH is 1. The van der Waals surface area contributed by atoms with Gasteiger partial charge in [-0.3, -0.25) is 24.0 Å². The third kappa shape index (κ3) is 15.5. The molecule has 3 aromatic rings. The molecule has 1 unspecified atom stereocenters. The molecule has 4 aliphatic rings. The van der Waals surface area contributed by atoms with Crippen molar-refractivity contribution in [3.05, 3.63) is 119 Å². The van der Waals surface area contributed by atoms with Crippen molar-refractivity contribution in [2.45, 2.75) is 230 Å². The van der Waals surface area contributed by atoms with Crippen molar-refractivity contribution < 1.29 is 82.1 Å². The van der Waals surface area contributed by atoms with Crippen LogP contribution in [0.1, 0.15) is 209 Å². The van der Waals surface area contributed by atoms with Crippen LogP contribution in [0.3, 0.4) is 0 Å². The number of rotatable bonds is 31. The Morgan fingerprint density at radius 2 is 1.17 bits per heavy atom. The van der Waals surface area contributed by atoms with Gasteiger partial charge in [-0.1, -0.05) is 177 Å². The van der Waals surface area contributed by atoms with E-state index in [0.717, 1.165) is 71.6 Å². The van der Waals surface area contributed by atoms with Crippen molar-refractivity contribution in [2.24, 2.45) is 16.7 Å². The molecule has 3 aliphatic carbocycles. The summed E-state index contributed by atoms with van der Waals surface area (Å²) in [7, 11) is 0. The largest absolute Gasteiger partial charge is 0.550 e. The van der Waals surface area contributed by atoms with Crippen LogP contribution in [-0.2, 0) is 57.2 Å². The van der Waals surface area contributed by atoms with Gasteiger partial charge in [0.1, 0.15) is 30.0 Å². The fourth-order valence-electron chi connectivity index (χ4n) is 13.7. The molecule has 3 aromatic carbocycles. The Bertz CT molecular complexity index is 2860. The van der Waals surface area contributed by atoms with E-state index in [-0.39, 0.29) is 48.1 Å². The Morgan fingerprint density at radius 3 is 1.66 bits per heavy atom. The Hall–Kier alpha value is -6.76. The summed E-state index contributed by atoms with van der Waals surface area (Å²) in [6, 6.07) is 23.2. The number of carboxylic acid groups (broad SMARTS) is 1. The second-order valence-corrected chi connectivity index (χ2v) is 24.7. The number of ketones is 1. The molecule has 0 aromatic heterocycles. The van der Waals surface area contributed by atoms with Gasteiger partial charge in [-0.05, 0) is 74.1 Å². The summed E-state index contributed by atoms with van der Waals surface area (Å²) in [5.41, 5.74) is -7.26. The van der Waals surface area contributed by atoms with E-state index in [2.05, 4.69) is 5.32 Å². The summed E-state index contributed by atoms with van der Waals surface area (Å²) in [4.78, 5) is 111. The van der Waals surface area contributed by atoms with Crippen LogP contribution in [0.4, 0.5) is 0 Å². The number of carbonyl (C=O) groups is 8. The smallest absolute Gasteiger partial charge is 0.350 e. The van der Waals surface area contributed by atoms with E-state index in [4.69, 9.17) is 28.4 Å². The molecule has 0 spiro atoms. The Kier molecular flexibility index (Phi) is 23.5. The van der Waals surface area contributed by atoms with E-state index in [1.807, 2.05) is 0 Å². The van der Waals surface area contributed by atoms with Crippen molar-refractivity contribution in [2.75, 3.05) is 6.61 Å². The maximum Gasteiger partial charge on any atom is 0.350 e. The zero-order chi connectivity index (χ0) is 62.2. The van der Waals surface area contributed by atoms with Crippen LogP contribution in [-0.4, -0.2) is 112 Å². The summed E-state index contributed by atoms with van der Waals surface area (Å²) < 4.78 is 37.3. The highest BCUT2D eigenvalue weighted by molar-refractivity contribution is 5.96. The third-order valence-corrected chi connectivity index (χ3v) is 18.5. The van der Waals surface area contributed by atoms with E-state index >= 15 is 9.59 Å².